The first-order valence-electron chi connectivity index (χ1n) is 7.98. The second-order valence-electron chi connectivity index (χ2n) is 6.79. The first kappa shape index (κ1) is 15.5. The van der Waals surface area contributed by atoms with Crippen LogP contribution in [-0.4, -0.2) is 51.3 Å². The van der Waals surface area contributed by atoms with E-state index in [4.69, 9.17) is 4.74 Å². The molecule has 0 aromatic heterocycles. The lowest BCUT2D eigenvalue weighted by Crippen LogP contribution is -2.64. The molecule has 1 aliphatic carbocycles. The maximum absolute atomic E-state index is 12.3. The Balaban J connectivity index is 2.00. The summed E-state index contributed by atoms with van der Waals surface area (Å²) in [6.07, 6.45) is 1.59. The van der Waals surface area contributed by atoms with Crippen LogP contribution in [-0.2, 0) is 14.3 Å². The van der Waals surface area contributed by atoms with E-state index in [1.807, 2.05) is 13.8 Å². The molecule has 2 fully saturated rings. The van der Waals surface area contributed by atoms with Crippen LogP contribution in [0.15, 0.2) is 11.3 Å². The molecular weight excluding hydrogens is 286 g/mol. The zero-order valence-corrected chi connectivity index (χ0v) is 13.2. The predicted molar refractivity (Wildman–Crippen MR) is 77.8 cm³/mol. The summed E-state index contributed by atoms with van der Waals surface area (Å²) in [5.41, 5.74) is 0.858. The largest absolute Gasteiger partial charge is 0.477 e. The van der Waals surface area contributed by atoms with Gasteiger partial charge < -0.3 is 19.8 Å². The molecule has 5 atom stereocenters. The molecule has 0 aromatic rings. The molecule has 0 bridgehead atoms. The van der Waals surface area contributed by atoms with Crippen LogP contribution < -0.4 is 0 Å². The van der Waals surface area contributed by atoms with Gasteiger partial charge in [-0.1, -0.05) is 0 Å². The molecule has 22 heavy (non-hydrogen) atoms. The van der Waals surface area contributed by atoms with Crippen molar-refractivity contribution in [2.45, 2.75) is 64.4 Å². The van der Waals surface area contributed by atoms with Crippen molar-refractivity contribution in [3.8, 4) is 0 Å². The number of β-lactam (4-membered cyclic amide) rings is 1. The number of carbonyl (C=O) groups excluding carboxylic acids is 1. The van der Waals surface area contributed by atoms with Crippen molar-refractivity contribution in [1.29, 1.82) is 0 Å². The highest BCUT2D eigenvalue weighted by Crippen LogP contribution is 2.52. The molecule has 2 heterocycles. The van der Waals surface area contributed by atoms with Crippen LogP contribution in [0.2, 0.25) is 0 Å². The number of nitrogens with zero attached hydrogens (tertiary/aromatic N) is 1. The molecule has 122 valence electrons. The first-order chi connectivity index (χ1) is 10.3. The van der Waals surface area contributed by atoms with Crippen LogP contribution >= 0.6 is 0 Å². The van der Waals surface area contributed by atoms with E-state index in [9.17, 15) is 19.8 Å². The number of aliphatic hydroxyl groups is 1. The topological polar surface area (TPSA) is 87.1 Å². The highest BCUT2D eigenvalue weighted by molar-refractivity contribution is 6.00. The summed E-state index contributed by atoms with van der Waals surface area (Å²) in [7, 11) is 0. The first-order valence-corrected chi connectivity index (χ1v) is 7.98. The van der Waals surface area contributed by atoms with Crippen LogP contribution in [0.5, 0.6) is 0 Å². The minimum Gasteiger partial charge on any atom is -0.477 e. The molecule has 2 aliphatic heterocycles. The van der Waals surface area contributed by atoms with E-state index in [-0.39, 0.29) is 35.8 Å². The van der Waals surface area contributed by atoms with Crippen molar-refractivity contribution in [1.82, 2.24) is 4.90 Å². The Hall–Kier alpha value is -1.40. The Morgan fingerprint density at radius 1 is 1.32 bits per heavy atom. The van der Waals surface area contributed by atoms with Crippen molar-refractivity contribution in [2.24, 2.45) is 11.8 Å². The normalized spacial score (nSPS) is 35.3. The number of carboxylic acids is 1. The molecule has 1 saturated heterocycles. The molecule has 0 spiro atoms. The Kier molecular flexibility index (Phi) is 3.77. The van der Waals surface area contributed by atoms with Crippen molar-refractivity contribution in [3.63, 3.8) is 0 Å². The van der Waals surface area contributed by atoms with Crippen LogP contribution in [0.25, 0.3) is 0 Å². The lowest BCUT2D eigenvalue weighted by atomic mass is 9.71. The molecule has 1 saturated carbocycles. The van der Waals surface area contributed by atoms with Gasteiger partial charge in [0.25, 0.3) is 0 Å². The Morgan fingerprint density at radius 3 is 2.55 bits per heavy atom. The smallest absolute Gasteiger partial charge is 0.352 e. The molecule has 2 N–H and O–H groups in total. The third kappa shape index (κ3) is 2.08. The van der Waals surface area contributed by atoms with Crippen LogP contribution in [0.1, 0.15) is 40.0 Å². The lowest BCUT2D eigenvalue weighted by Gasteiger charge is -2.47. The molecule has 6 heteroatoms. The molecule has 1 amide bonds. The third-order valence-electron chi connectivity index (χ3n) is 5.00. The van der Waals surface area contributed by atoms with E-state index < -0.39 is 18.0 Å². The average Bonchev–Trinajstić information content (AvgIpc) is 2.69. The molecule has 3 aliphatic rings. The van der Waals surface area contributed by atoms with Crippen LogP contribution in [0.4, 0.5) is 0 Å². The molecule has 3 rings (SSSR count). The number of fused-ring (bicyclic) bond motifs is 3. The van der Waals surface area contributed by atoms with E-state index in [0.717, 1.165) is 24.8 Å². The van der Waals surface area contributed by atoms with Gasteiger partial charge in [-0.05, 0) is 45.6 Å². The highest BCUT2D eigenvalue weighted by Gasteiger charge is 2.62. The van der Waals surface area contributed by atoms with Gasteiger partial charge in [-0.3, -0.25) is 4.79 Å². The van der Waals surface area contributed by atoms with Gasteiger partial charge in [-0.2, -0.15) is 0 Å². The monoisotopic (exact) mass is 309 g/mol. The lowest BCUT2D eigenvalue weighted by molar-refractivity contribution is -0.163. The summed E-state index contributed by atoms with van der Waals surface area (Å²) >= 11 is 0. The zero-order chi connectivity index (χ0) is 16.2. The number of amides is 1. The molecule has 1 unspecified atom stereocenters. The molecule has 0 aromatic carbocycles. The van der Waals surface area contributed by atoms with Gasteiger partial charge >= 0.3 is 5.97 Å². The molecular formula is C16H23NO5. The van der Waals surface area contributed by atoms with Crippen molar-refractivity contribution in [2.75, 3.05) is 0 Å². The predicted octanol–water partition coefficient (Wildman–Crippen LogP) is 1.14. The number of aliphatic carboxylic acids is 1. The van der Waals surface area contributed by atoms with Crippen molar-refractivity contribution >= 4 is 11.9 Å². The summed E-state index contributed by atoms with van der Waals surface area (Å²) < 4.78 is 5.92. The van der Waals surface area contributed by atoms with E-state index in [2.05, 4.69) is 0 Å². The minimum absolute atomic E-state index is 0.000833. The number of rotatable bonds is 4. The fraction of sp³-hybridized carbons (Fsp3) is 0.750. The van der Waals surface area contributed by atoms with E-state index >= 15 is 0 Å². The maximum Gasteiger partial charge on any atom is 0.352 e. The quantitative estimate of drug-likeness (QED) is 0.761. The van der Waals surface area contributed by atoms with E-state index in [0.29, 0.717) is 0 Å². The second-order valence-corrected chi connectivity index (χ2v) is 6.79. The van der Waals surface area contributed by atoms with Crippen LogP contribution in [0, 0.1) is 11.8 Å². The van der Waals surface area contributed by atoms with Gasteiger partial charge in [0.05, 0.1) is 30.3 Å². The Labute approximate surface area is 129 Å². The number of carbonyl (C=O) groups is 2. The Bertz CT molecular complexity index is 539. The molecule has 6 nitrogen and oxygen atoms in total. The van der Waals surface area contributed by atoms with Gasteiger partial charge in [0.2, 0.25) is 5.91 Å². The second kappa shape index (κ2) is 5.35. The SMILES string of the molecule is CC(C)O[C@@H]1CCC[C@H]2C1=C(C(=O)O)N1C(=O)[C@H](C(C)O)[C@@H]21. The fourth-order valence-corrected chi connectivity index (χ4v) is 4.30. The van der Waals surface area contributed by atoms with Crippen LogP contribution in [0.3, 0.4) is 0 Å². The van der Waals surface area contributed by atoms with Gasteiger partial charge in [-0.25, -0.2) is 4.79 Å². The standard InChI is InChI=1S/C16H23NO5/c1-7(2)22-10-6-4-5-9-12(10)14(16(20)21)17-13(9)11(8(3)18)15(17)19/h7-11,13,18H,4-6H2,1-3H3,(H,20,21)/t8?,9-,10+,11+,13+/m0/s1. The van der Waals surface area contributed by atoms with Crippen molar-refractivity contribution in [3.05, 3.63) is 11.3 Å². The number of carboxylic acid groups (broad SMARTS) is 1. The third-order valence-corrected chi connectivity index (χ3v) is 5.00. The summed E-state index contributed by atoms with van der Waals surface area (Å²) in [6.45, 7) is 5.46. The Morgan fingerprint density at radius 2 is 2.00 bits per heavy atom. The summed E-state index contributed by atoms with van der Waals surface area (Å²) in [5.74, 6) is -1.84. The summed E-state index contributed by atoms with van der Waals surface area (Å²) in [6, 6.07) is -0.216. The highest BCUT2D eigenvalue weighted by atomic mass is 16.5. The minimum atomic E-state index is -1.07. The van der Waals surface area contributed by atoms with Gasteiger partial charge in [0.15, 0.2) is 0 Å². The summed E-state index contributed by atoms with van der Waals surface area (Å²) in [4.78, 5) is 25.4. The van der Waals surface area contributed by atoms with Gasteiger partial charge in [0, 0.05) is 5.92 Å². The molecule has 0 radical (unpaired) electrons. The summed E-state index contributed by atoms with van der Waals surface area (Å²) in [5, 5.41) is 19.5. The van der Waals surface area contributed by atoms with E-state index in [1.54, 1.807) is 6.92 Å². The number of aliphatic hydroxyl groups excluding tert-OH is 1. The van der Waals surface area contributed by atoms with Crippen molar-refractivity contribution < 1.29 is 24.5 Å². The number of hydrogen-bond acceptors (Lipinski definition) is 4. The fourth-order valence-electron chi connectivity index (χ4n) is 4.30. The van der Waals surface area contributed by atoms with Gasteiger partial charge in [0.1, 0.15) is 5.70 Å². The number of hydrogen-bond donors (Lipinski definition) is 2. The zero-order valence-electron chi connectivity index (χ0n) is 13.2. The maximum atomic E-state index is 12.3. The van der Waals surface area contributed by atoms with E-state index in [1.165, 1.54) is 4.90 Å². The average molecular weight is 309 g/mol. The number of ether oxygens (including phenoxy) is 1. The van der Waals surface area contributed by atoms with Gasteiger partial charge in [-0.15, -0.1) is 0 Å².